The van der Waals surface area contributed by atoms with Crippen molar-refractivity contribution in [2.75, 3.05) is 7.05 Å². The molecule has 0 fully saturated rings. The van der Waals surface area contributed by atoms with E-state index in [1.165, 1.54) is 6.07 Å². The Hall–Kier alpha value is -1.26. The number of nitrogens with one attached hydrogen (secondary N) is 1. The zero-order valence-electron chi connectivity index (χ0n) is 11.9. The molecule has 4 heteroatoms. The molecule has 1 heterocycles. The van der Waals surface area contributed by atoms with Crippen LogP contribution in [0.25, 0.3) is 0 Å². The van der Waals surface area contributed by atoms with E-state index in [4.69, 9.17) is 0 Å². The Bertz CT molecular complexity index is 613. The summed E-state index contributed by atoms with van der Waals surface area (Å²) in [5.74, 6) is -0.211. The first-order chi connectivity index (χ1) is 9.51. The van der Waals surface area contributed by atoms with Crippen molar-refractivity contribution in [1.82, 2.24) is 10.3 Å². The van der Waals surface area contributed by atoms with Crippen LogP contribution in [-0.2, 0) is 6.42 Å². The highest BCUT2D eigenvalue weighted by Crippen LogP contribution is 2.26. The zero-order chi connectivity index (χ0) is 14.7. The normalized spacial score (nSPS) is 12.4. The lowest BCUT2D eigenvalue weighted by atomic mass is 9.97. The number of halogens is 2. The molecule has 1 N–H and O–H groups in total. The zero-order valence-corrected chi connectivity index (χ0v) is 13.5. The lowest BCUT2D eigenvalue weighted by molar-refractivity contribution is 0.577. The van der Waals surface area contributed by atoms with Gasteiger partial charge in [0.05, 0.1) is 0 Å². The molecule has 2 rings (SSSR count). The molecule has 0 aliphatic heterocycles. The molecule has 106 valence electrons. The van der Waals surface area contributed by atoms with E-state index in [1.807, 2.05) is 27.0 Å². The third-order valence-electron chi connectivity index (χ3n) is 3.42. The molecule has 2 nitrogen and oxygen atoms in total. The minimum atomic E-state index is -0.211. The molecule has 0 spiro atoms. The lowest BCUT2D eigenvalue weighted by Crippen LogP contribution is -2.20. The van der Waals surface area contributed by atoms with Gasteiger partial charge in [0.2, 0.25) is 0 Å². The van der Waals surface area contributed by atoms with Crippen molar-refractivity contribution in [2.45, 2.75) is 26.3 Å². The molecule has 0 radical (unpaired) electrons. The number of aryl methyl sites for hydroxylation is 2. The summed E-state index contributed by atoms with van der Waals surface area (Å²) >= 11 is 3.48. The Kier molecular flexibility index (Phi) is 4.89. The monoisotopic (exact) mass is 336 g/mol. The summed E-state index contributed by atoms with van der Waals surface area (Å²) in [5.41, 5.74) is 4.11. The number of pyridine rings is 1. The highest BCUT2D eigenvalue weighted by molar-refractivity contribution is 9.10. The predicted molar refractivity (Wildman–Crippen MR) is 83.3 cm³/mol. The Morgan fingerprint density at radius 3 is 2.65 bits per heavy atom. The highest BCUT2D eigenvalue weighted by atomic mass is 79.9. The molecule has 0 saturated heterocycles. The van der Waals surface area contributed by atoms with E-state index in [0.29, 0.717) is 6.42 Å². The summed E-state index contributed by atoms with van der Waals surface area (Å²) in [6, 6.07) is 8.99. The van der Waals surface area contributed by atoms with Gasteiger partial charge in [-0.3, -0.25) is 4.98 Å². The molecule has 20 heavy (non-hydrogen) atoms. The fraction of sp³-hybridized carbons (Fsp3) is 0.312. The summed E-state index contributed by atoms with van der Waals surface area (Å²) < 4.78 is 14.3. The maximum Gasteiger partial charge on any atom is 0.123 e. The van der Waals surface area contributed by atoms with Crippen LogP contribution in [-0.4, -0.2) is 12.0 Å². The van der Waals surface area contributed by atoms with Gasteiger partial charge in [0.15, 0.2) is 0 Å². The fourth-order valence-electron chi connectivity index (χ4n) is 2.35. The number of rotatable bonds is 4. The van der Waals surface area contributed by atoms with Crippen molar-refractivity contribution in [2.24, 2.45) is 0 Å². The number of nitrogens with zero attached hydrogens (tertiary/aromatic N) is 1. The summed E-state index contributed by atoms with van der Waals surface area (Å²) in [6.07, 6.45) is 0.709. The summed E-state index contributed by atoms with van der Waals surface area (Å²) in [5, 5.41) is 3.29. The van der Waals surface area contributed by atoms with Gasteiger partial charge < -0.3 is 5.32 Å². The number of likely N-dealkylation sites (N-methyl/N-ethyl adjacent to an activating group) is 1. The van der Waals surface area contributed by atoms with Gasteiger partial charge in [0.25, 0.3) is 0 Å². The standard InChI is InChI=1S/C16H18BrFN2/c1-10-4-6-14(11(2)20-10)16(19-3)9-12-8-13(18)5-7-15(12)17/h4-8,16,19H,9H2,1-3H3. The Balaban J connectivity index is 2.31. The first-order valence-electron chi connectivity index (χ1n) is 6.56. The van der Waals surface area contributed by atoms with Crippen LogP contribution < -0.4 is 5.32 Å². The quantitative estimate of drug-likeness (QED) is 0.908. The van der Waals surface area contributed by atoms with Crippen molar-refractivity contribution in [3.63, 3.8) is 0 Å². The molecule has 0 aliphatic rings. The molecule has 1 unspecified atom stereocenters. The molecule has 1 atom stereocenters. The number of hydrogen-bond donors (Lipinski definition) is 1. The Labute approximate surface area is 127 Å². The van der Waals surface area contributed by atoms with E-state index < -0.39 is 0 Å². The van der Waals surface area contributed by atoms with Gasteiger partial charge in [-0.2, -0.15) is 0 Å². The van der Waals surface area contributed by atoms with E-state index in [2.05, 4.69) is 32.3 Å². The third-order valence-corrected chi connectivity index (χ3v) is 4.20. The molecule has 0 bridgehead atoms. The average Bonchev–Trinajstić information content (AvgIpc) is 2.40. The van der Waals surface area contributed by atoms with Gasteiger partial charge in [-0.05, 0) is 62.7 Å². The van der Waals surface area contributed by atoms with Crippen molar-refractivity contribution < 1.29 is 4.39 Å². The number of aromatic nitrogens is 1. The molecule has 2 aromatic rings. The second-order valence-corrected chi connectivity index (χ2v) is 5.76. The largest absolute Gasteiger partial charge is 0.313 e. The molecule has 0 amide bonds. The van der Waals surface area contributed by atoms with Crippen molar-refractivity contribution in [1.29, 1.82) is 0 Å². The van der Waals surface area contributed by atoms with E-state index >= 15 is 0 Å². The minimum Gasteiger partial charge on any atom is -0.313 e. The fourth-order valence-corrected chi connectivity index (χ4v) is 2.76. The van der Waals surface area contributed by atoms with E-state index in [9.17, 15) is 4.39 Å². The van der Waals surface area contributed by atoms with Crippen LogP contribution in [0.2, 0.25) is 0 Å². The molecular formula is C16H18BrFN2. The van der Waals surface area contributed by atoms with Crippen LogP contribution >= 0.6 is 15.9 Å². The van der Waals surface area contributed by atoms with E-state index in [1.54, 1.807) is 12.1 Å². The van der Waals surface area contributed by atoms with Crippen LogP contribution in [0.5, 0.6) is 0 Å². The van der Waals surface area contributed by atoms with Gasteiger partial charge in [0.1, 0.15) is 5.82 Å². The number of hydrogen-bond acceptors (Lipinski definition) is 2. The smallest absolute Gasteiger partial charge is 0.123 e. The van der Waals surface area contributed by atoms with Crippen LogP contribution in [0.4, 0.5) is 4.39 Å². The topological polar surface area (TPSA) is 24.9 Å². The molecular weight excluding hydrogens is 319 g/mol. The first-order valence-corrected chi connectivity index (χ1v) is 7.36. The van der Waals surface area contributed by atoms with Crippen molar-refractivity contribution in [3.05, 3.63) is 63.1 Å². The second-order valence-electron chi connectivity index (χ2n) is 4.91. The minimum absolute atomic E-state index is 0.112. The van der Waals surface area contributed by atoms with Crippen LogP contribution in [0.1, 0.15) is 28.6 Å². The van der Waals surface area contributed by atoms with Crippen molar-refractivity contribution in [3.8, 4) is 0 Å². The summed E-state index contributed by atoms with van der Waals surface area (Å²) in [7, 11) is 1.91. The van der Waals surface area contributed by atoms with Crippen LogP contribution in [0, 0.1) is 19.7 Å². The van der Waals surface area contributed by atoms with Crippen molar-refractivity contribution >= 4 is 15.9 Å². The van der Waals surface area contributed by atoms with Crippen LogP contribution in [0.3, 0.4) is 0 Å². The average molecular weight is 337 g/mol. The van der Waals surface area contributed by atoms with Gasteiger partial charge >= 0.3 is 0 Å². The SMILES string of the molecule is CNC(Cc1cc(F)ccc1Br)c1ccc(C)nc1C. The molecule has 1 aromatic carbocycles. The highest BCUT2D eigenvalue weighted by Gasteiger charge is 2.15. The Morgan fingerprint density at radius 1 is 1.25 bits per heavy atom. The van der Waals surface area contributed by atoms with E-state index in [0.717, 1.165) is 27.0 Å². The predicted octanol–water partition coefficient (Wildman–Crippen LogP) is 4.10. The first kappa shape index (κ1) is 15.1. The van der Waals surface area contributed by atoms with Gasteiger partial charge in [-0.25, -0.2) is 4.39 Å². The Morgan fingerprint density at radius 2 is 2.00 bits per heavy atom. The molecule has 0 aliphatic carbocycles. The maximum absolute atomic E-state index is 13.4. The maximum atomic E-state index is 13.4. The summed E-state index contributed by atoms with van der Waals surface area (Å²) in [4.78, 5) is 4.50. The van der Waals surface area contributed by atoms with Gasteiger partial charge in [0, 0.05) is 21.9 Å². The second kappa shape index (κ2) is 6.46. The lowest BCUT2D eigenvalue weighted by Gasteiger charge is -2.19. The number of benzene rings is 1. The van der Waals surface area contributed by atoms with E-state index in [-0.39, 0.29) is 11.9 Å². The third kappa shape index (κ3) is 3.44. The van der Waals surface area contributed by atoms with Crippen LogP contribution in [0.15, 0.2) is 34.8 Å². The van der Waals surface area contributed by atoms with Gasteiger partial charge in [-0.1, -0.05) is 22.0 Å². The molecule has 1 aromatic heterocycles. The van der Waals surface area contributed by atoms with Gasteiger partial charge in [-0.15, -0.1) is 0 Å². The molecule has 0 saturated carbocycles. The summed E-state index contributed by atoms with van der Waals surface area (Å²) in [6.45, 7) is 3.99.